The molecule has 1 N–H and O–H groups in total. The maximum absolute atomic E-state index is 6.43. The van der Waals surface area contributed by atoms with Gasteiger partial charge in [0.05, 0.1) is 0 Å². The van der Waals surface area contributed by atoms with Crippen LogP contribution in [0, 0.1) is 6.92 Å². The van der Waals surface area contributed by atoms with Gasteiger partial charge in [-0.2, -0.15) is 0 Å². The van der Waals surface area contributed by atoms with Crippen LogP contribution in [0.5, 0.6) is 0 Å². The van der Waals surface area contributed by atoms with Gasteiger partial charge in [-0.3, -0.25) is 0 Å². The second kappa shape index (κ2) is 11.0. The van der Waals surface area contributed by atoms with Crippen LogP contribution in [0.25, 0.3) is 10.9 Å². The third-order valence-electron chi connectivity index (χ3n) is 5.29. The molecule has 0 aliphatic rings. The molecule has 0 atom stereocenters. The zero-order valence-corrected chi connectivity index (χ0v) is 18.8. The van der Waals surface area contributed by atoms with Gasteiger partial charge in [0, 0.05) is 52.9 Å². The number of ether oxygens (including phenoxy) is 1. The van der Waals surface area contributed by atoms with E-state index < -0.39 is 0 Å². The number of rotatable bonds is 11. The molecule has 0 amide bonds. The van der Waals surface area contributed by atoms with Crippen LogP contribution in [0.1, 0.15) is 43.0 Å². The number of fused-ring (bicyclic) bond motifs is 1. The molecule has 0 aliphatic carbocycles. The van der Waals surface area contributed by atoms with Crippen molar-refractivity contribution >= 4 is 34.1 Å². The minimum absolute atomic E-state index is 0.663. The largest absolute Gasteiger partial charge is 0.381 e. The maximum Gasteiger partial charge on any atom is 0.0493 e. The van der Waals surface area contributed by atoms with Gasteiger partial charge in [-0.25, -0.2) is 0 Å². The molecule has 0 radical (unpaired) electrons. The van der Waals surface area contributed by atoms with Gasteiger partial charge in [0.2, 0.25) is 0 Å². The molecular formula is C24H30Cl2N2O. The Bertz CT molecular complexity index is 936. The molecular weight excluding hydrogens is 403 g/mol. The number of nitrogens with zero attached hydrogens (tertiary/aromatic N) is 1. The van der Waals surface area contributed by atoms with Crippen molar-refractivity contribution < 1.29 is 4.74 Å². The number of aromatic nitrogens is 1. The van der Waals surface area contributed by atoms with Crippen molar-refractivity contribution in [3.63, 3.8) is 0 Å². The Balaban J connectivity index is 1.69. The second-order valence-corrected chi connectivity index (χ2v) is 8.24. The number of hydrogen-bond acceptors (Lipinski definition) is 2. The van der Waals surface area contributed by atoms with Gasteiger partial charge < -0.3 is 14.6 Å². The normalized spacial score (nSPS) is 11.4. The molecule has 0 saturated carbocycles. The van der Waals surface area contributed by atoms with E-state index in [2.05, 4.69) is 48.0 Å². The molecule has 0 aliphatic heterocycles. The van der Waals surface area contributed by atoms with Crippen molar-refractivity contribution in [2.75, 3.05) is 19.8 Å². The lowest BCUT2D eigenvalue weighted by atomic mass is 10.1. The molecule has 1 aromatic heterocycles. The van der Waals surface area contributed by atoms with Crippen molar-refractivity contribution in [3.8, 4) is 0 Å². The summed E-state index contributed by atoms with van der Waals surface area (Å²) < 4.78 is 7.99. The Labute approximate surface area is 184 Å². The van der Waals surface area contributed by atoms with E-state index in [1.54, 1.807) is 0 Å². The van der Waals surface area contributed by atoms with Crippen LogP contribution in [0.3, 0.4) is 0 Å². The Morgan fingerprint density at radius 3 is 2.62 bits per heavy atom. The Hall–Kier alpha value is -1.52. The smallest absolute Gasteiger partial charge is 0.0493 e. The van der Waals surface area contributed by atoms with E-state index in [9.17, 15) is 0 Å². The minimum Gasteiger partial charge on any atom is -0.381 e. The molecule has 3 nitrogen and oxygen atoms in total. The first kappa shape index (κ1) is 22.2. The van der Waals surface area contributed by atoms with E-state index in [1.165, 1.54) is 28.6 Å². The van der Waals surface area contributed by atoms with Gasteiger partial charge in [-0.15, -0.1) is 0 Å². The number of benzene rings is 2. The molecule has 0 bridgehead atoms. The fraction of sp³-hybridized carbons (Fsp3) is 0.417. The van der Waals surface area contributed by atoms with E-state index >= 15 is 0 Å². The van der Waals surface area contributed by atoms with Crippen LogP contribution in [0.15, 0.2) is 42.5 Å². The number of nitrogens with one attached hydrogen (secondary N) is 1. The molecule has 5 heteroatoms. The van der Waals surface area contributed by atoms with Crippen LogP contribution in [0.2, 0.25) is 10.0 Å². The SMILES string of the molecule is CCCCOCCCNCc1c(C)n(Cc2ccc(Cl)cc2Cl)c2ccccc12. The first-order chi connectivity index (χ1) is 14.1. The van der Waals surface area contributed by atoms with Gasteiger partial charge in [-0.1, -0.05) is 60.8 Å². The molecule has 0 spiro atoms. The van der Waals surface area contributed by atoms with E-state index in [-0.39, 0.29) is 0 Å². The third-order valence-corrected chi connectivity index (χ3v) is 5.88. The summed E-state index contributed by atoms with van der Waals surface area (Å²) in [4.78, 5) is 0. The lowest BCUT2D eigenvalue weighted by molar-refractivity contribution is 0.129. The van der Waals surface area contributed by atoms with Crippen LogP contribution in [-0.2, 0) is 17.8 Å². The molecule has 0 saturated heterocycles. The summed E-state index contributed by atoms with van der Waals surface area (Å²) in [7, 11) is 0. The first-order valence-electron chi connectivity index (χ1n) is 10.4. The standard InChI is InChI=1S/C24H30Cl2N2O/c1-3-4-13-29-14-7-12-27-16-22-18(2)28(24-9-6-5-8-21(22)24)17-19-10-11-20(25)15-23(19)26/h5-6,8-11,15,27H,3-4,7,12-14,16-17H2,1-2H3. The molecule has 3 rings (SSSR count). The van der Waals surface area contributed by atoms with Crippen LogP contribution >= 0.6 is 23.2 Å². The predicted octanol–water partition coefficient (Wildman–Crippen LogP) is 6.60. The second-order valence-electron chi connectivity index (χ2n) is 7.40. The monoisotopic (exact) mass is 432 g/mol. The molecule has 156 valence electrons. The number of unbranched alkanes of at least 4 members (excludes halogenated alkanes) is 1. The summed E-state index contributed by atoms with van der Waals surface area (Å²) in [5.41, 5.74) is 4.92. The quantitative estimate of drug-likeness (QED) is 0.345. The molecule has 29 heavy (non-hydrogen) atoms. The summed E-state index contributed by atoms with van der Waals surface area (Å²) in [5, 5.41) is 6.25. The van der Waals surface area contributed by atoms with Crippen molar-refractivity contribution in [1.82, 2.24) is 9.88 Å². The average molecular weight is 433 g/mol. The lowest BCUT2D eigenvalue weighted by Gasteiger charge is -2.11. The van der Waals surface area contributed by atoms with Gasteiger partial charge in [0.15, 0.2) is 0 Å². The van der Waals surface area contributed by atoms with Crippen LogP contribution < -0.4 is 5.32 Å². The highest BCUT2D eigenvalue weighted by molar-refractivity contribution is 6.35. The van der Waals surface area contributed by atoms with E-state index in [0.29, 0.717) is 10.0 Å². The summed E-state index contributed by atoms with van der Waals surface area (Å²) in [6, 6.07) is 14.3. The van der Waals surface area contributed by atoms with Gasteiger partial charge in [0.25, 0.3) is 0 Å². The minimum atomic E-state index is 0.663. The maximum atomic E-state index is 6.43. The molecule has 0 unspecified atom stereocenters. The average Bonchev–Trinajstić information content (AvgIpc) is 2.97. The zero-order valence-electron chi connectivity index (χ0n) is 17.3. The molecule has 0 fully saturated rings. The Morgan fingerprint density at radius 1 is 1.03 bits per heavy atom. The predicted molar refractivity (Wildman–Crippen MR) is 124 cm³/mol. The number of halogens is 2. The van der Waals surface area contributed by atoms with Crippen LogP contribution in [-0.4, -0.2) is 24.3 Å². The molecule has 1 heterocycles. The van der Waals surface area contributed by atoms with Crippen molar-refractivity contribution in [3.05, 3.63) is 69.3 Å². The van der Waals surface area contributed by atoms with E-state index in [0.717, 1.165) is 51.3 Å². The highest BCUT2D eigenvalue weighted by atomic mass is 35.5. The summed E-state index contributed by atoms with van der Waals surface area (Å²) in [5.74, 6) is 0. The zero-order chi connectivity index (χ0) is 20.6. The van der Waals surface area contributed by atoms with Crippen molar-refractivity contribution in [2.24, 2.45) is 0 Å². The topological polar surface area (TPSA) is 26.2 Å². The summed E-state index contributed by atoms with van der Waals surface area (Å²) >= 11 is 12.5. The first-order valence-corrected chi connectivity index (χ1v) is 11.2. The fourth-order valence-corrected chi connectivity index (χ4v) is 4.08. The third kappa shape index (κ3) is 5.76. The Morgan fingerprint density at radius 2 is 1.83 bits per heavy atom. The summed E-state index contributed by atoms with van der Waals surface area (Å²) in [6.45, 7) is 8.60. The molecule has 3 aromatic rings. The lowest BCUT2D eigenvalue weighted by Crippen LogP contribution is -2.17. The van der Waals surface area contributed by atoms with Crippen LogP contribution in [0.4, 0.5) is 0 Å². The van der Waals surface area contributed by atoms with E-state index in [4.69, 9.17) is 27.9 Å². The highest BCUT2D eigenvalue weighted by Crippen LogP contribution is 2.29. The number of para-hydroxylation sites is 1. The van der Waals surface area contributed by atoms with E-state index in [1.807, 2.05) is 18.2 Å². The Kier molecular flexibility index (Phi) is 8.43. The van der Waals surface area contributed by atoms with Gasteiger partial charge >= 0.3 is 0 Å². The summed E-state index contributed by atoms with van der Waals surface area (Å²) in [6.07, 6.45) is 3.36. The number of hydrogen-bond donors (Lipinski definition) is 1. The molecule has 2 aromatic carbocycles. The van der Waals surface area contributed by atoms with Gasteiger partial charge in [0.1, 0.15) is 0 Å². The highest BCUT2D eigenvalue weighted by Gasteiger charge is 2.14. The fourth-order valence-electron chi connectivity index (χ4n) is 3.61. The van der Waals surface area contributed by atoms with Crippen molar-refractivity contribution in [2.45, 2.75) is 46.2 Å². The van der Waals surface area contributed by atoms with Crippen molar-refractivity contribution in [1.29, 1.82) is 0 Å². The van der Waals surface area contributed by atoms with Gasteiger partial charge in [-0.05, 0) is 55.6 Å².